The summed E-state index contributed by atoms with van der Waals surface area (Å²) in [7, 11) is 0. The molecule has 1 saturated heterocycles. The third kappa shape index (κ3) is 4.04. The quantitative estimate of drug-likeness (QED) is 0.882. The Bertz CT molecular complexity index is 718. The average Bonchev–Trinajstić information content (AvgIpc) is 2.94. The minimum Gasteiger partial charge on any atom is -0.480 e. The topological polar surface area (TPSA) is 87.2 Å². The molecular formula is C19H24N2O5. The Balaban J connectivity index is 1.67. The third-order valence-corrected chi connectivity index (χ3v) is 5.10. The number of benzene rings is 1. The van der Waals surface area contributed by atoms with E-state index in [0.717, 1.165) is 17.5 Å². The summed E-state index contributed by atoms with van der Waals surface area (Å²) in [5, 5.41) is 9.03. The number of hydrogen-bond donors (Lipinski definition) is 1. The number of amides is 2. The molecule has 1 aromatic rings. The highest BCUT2D eigenvalue weighted by molar-refractivity contribution is 5.94. The number of nitrogens with zero attached hydrogens (tertiary/aromatic N) is 2. The molecular weight excluding hydrogens is 336 g/mol. The van der Waals surface area contributed by atoms with Crippen LogP contribution in [-0.4, -0.2) is 58.4 Å². The highest BCUT2D eigenvalue weighted by atomic mass is 16.5. The second-order valence-corrected chi connectivity index (χ2v) is 6.89. The maximum absolute atomic E-state index is 12.9. The molecule has 1 fully saturated rings. The van der Waals surface area contributed by atoms with Crippen LogP contribution >= 0.6 is 0 Å². The summed E-state index contributed by atoms with van der Waals surface area (Å²) in [4.78, 5) is 38.9. The van der Waals surface area contributed by atoms with E-state index in [0.29, 0.717) is 44.7 Å². The molecule has 1 unspecified atom stereocenters. The van der Waals surface area contributed by atoms with E-state index in [1.807, 2.05) is 18.2 Å². The lowest BCUT2D eigenvalue weighted by molar-refractivity contribution is -0.145. The van der Waals surface area contributed by atoms with Crippen molar-refractivity contribution in [3.63, 3.8) is 0 Å². The fourth-order valence-corrected chi connectivity index (χ4v) is 3.72. The summed E-state index contributed by atoms with van der Waals surface area (Å²) >= 11 is 0. The van der Waals surface area contributed by atoms with E-state index in [-0.39, 0.29) is 24.4 Å². The molecule has 3 rings (SSSR count). The number of carbonyl (C=O) groups excluding carboxylic acids is 2. The van der Waals surface area contributed by atoms with Crippen LogP contribution in [0.3, 0.4) is 0 Å². The van der Waals surface area contributed by atoms with Gasteiger partial charge in [0.2, 0.25) is 5.91 Å². The van der Waals surface area contributed by atoms with Gasteiger partial charge in [-0.15, -0.1) is 0 Å². The van der Waals surface area contributed by atoms with Crippen LogP contribution in [-0.2, 0) is 27.5 Å². The van der Waals surface area contributed by atoms with Crippen LogP contribution in [0.1, 0.15) is 47.7 Å². The van der Waals surface area contributed by atoms with Crippen molar-refractivity contribution in [1.82, 2.24) is 9.80 Å². The molecule has 1 atom stereocenters. The number of fused-ring (bicyclic) bond motifs is 1. The van der Waals surface area contributed by atoms with Crippen LogP contribution in [0.15, 0.2) is 18.2 Å². The Morgan fingerprint density at radius 3 is 2.69 bits per heavy atom. The third-order valence-electron chi connectivity index (χ3n) is 5.10. The van der Waals surface area contributed by atoms with Crippen molar-refractivity contribution in [2.45, 2.75) is 45.4 Å². The Hall–Kier alpha value is -2.41. The lowest BCUT2D eigenvalue weighted by atomic mass is 10.1. The van der Waals surface area contributed by atoms with Gasteiger partial charge in [0.25, 0.3) is 5.91 Å². The SMILES string of the molecule is CC(=O)N(CC(=O)O)C1CCCN(C(=O)c2ccc3c(c2)COC3)CC1. The van der Waals surface area contributed by atoms with E-state index in [2.05, 4.69) is 0 Å². The minimum absolute atomic E-state index is 0.0204. The fraction of sp³-hybridized carbons (Fsp3) is 0.526. The van der Waals surface area contributed by atoms with Crippen molar-refractivity contribution >= 4 is 17.8 Å². The average molecular weight is 360 g/mol. The zero-order valence-electron chi connectivity index (χ0n) is 14.9. The number of carboxylic acid groups (broad SMARTS) is 1. The second kappa shape index (κ2) is 7.86. The maximum atomic E-state index is 12.9. The van der Waals surface area contributed by atoms with Crippen molar-refractivity contribution < 1.29 is 24.2 Å². The molecule has 2 heterocycles. The van der Waals surface area contributed by atoms with E-state index < -0.39 is 5.97 Å². The van der Waals surface area contributed by atoms with Gasteiger partial charge in [0.15, 0.2) is 0 Å². The zero-order chi connectivity index (χ0) is 18.7. The van der Waals surface area contributed by atoms with Gasteiger partial charge in [0, 0.05) is 31.6 Å². The van der Waals surface area contributed by atoms with Crippen LogP contribution in [0.25, 0.3) is 0 Å². The second-order valence-electron chi connectivity index (χ2n) is 6.89. The number of carbonyl (C=O) groups is 3. The summed E-state index contributed by atoms with van der Waals surface area (Å²) < 4.78 is 5.40. The number of hydrogen-bond acceptors (Lipinski definition) is 4. The van der Waals surface area contributed by atoms with Crippen molar-refractivity contribution in [2.24, 2.45) is 0 Å². The Morgan fingerprint density at radius 1 is 1.19 bits per heavy atom. The van der Waals surface area contributed by atoms with Crippen LogP contribution in [0.2, 0.25) is 0 Å². The summed E-state index contributed by atoms with van der Waals surface area (Å²) in [5.74, 6) is -1.28. The van der Waals surface area contributed by atoms with Crippen LogP contribution in [0, 0.1) is 0 Å². The first-order valence-corrected chi connectivity index (χ1v) is 8.93. The summed E-state index contributed by atoms with van der Waals surface area (Å²) in [5.41, 5.74) is 2.85. The molecule has 140 valence electrons. The van der Waals surface area contributed by atoms with Crippen molar-refractivity contribution in [1.29, 1.82) is 0 Å². The molecule has 2 aliphatic rings. The molecule has 26 heavy (non-hydrogen) atoms. The normalized spacial score (nSPS) is 19.6. The molecule has 7 heteroatoms. The van der Waals surface area contributed by atoms with Crippen molar-refractivity contribution in [3.05, 3.63) is 34.9 Å². The maximum Gasteiger partial charge on any atom is 0.323 e. The highest BCUT2D eigenvalue weighted by Crippen LogP contribution is 2.23. The van der Waals surface area contributed by atoms with Gasteiger partial charge in [-0.3, -0.25) is 14.4 Å². The molecule has 1 aromatic carbocycles. The molecule has 2 aliphatic heterocycles. The van der Waals surface area contributed by atoms with Gasteiger partial charge >= 0.3 is 5.97 Å². The number of carboxylic acids is 1. The number of rotatable bonds is 4. The molecule has 0 radical (unpaired) electrons. The first-order valence-electron chi connectivity index (χ1n) is 8.93. The van der Waals surface area contributed by atoms with Gasteiger partial charge < -0.3 is 19.6 Å². The molecule has 0 saturated carbocycles. The lowest BCUT2D eigenvalue weighted by Crippen LogP contribution is -2.43. The molecule has 0 aliphatic carbocycles. The van der Waals surface area contributed by atoms with E-state index in [4.69, 9.17) is 9.84 Å². The van der Waals surface area contributed by atoms with Crippen molar-refractivity contribution in [2.75, 3.05) is 19.6 Å². The summed E-state index contributed by atoms with van der Waals surface area (Å²) in [6.07, 6.45) is 2.04. The Labute approximate surface area is 152 Å². The van der Waals surface area contributed by atoms with E-state index in [9.17, 15) is 14.4 Å². The van der Waals surface area contributed by atoms with Crippen molar-refractivity contribution in [3.8, 4) is 0 Å². The van der Waals surface area contributed by atoms with Gasteiger partial charge in [-0.2, -0.15) is 0 Å². The molecule has 0 spiro atoms. The fourth-order valence-electron chi connectivity index (χ4n) is 3.72. The highest BCUT2D eigenvalue weighted by Gasteiger charge is 2.28. The molecule has 1 N–H and O–H groups in total. The Kier molecular flexibility index (Phi) is 5.56. The standard InChI is InChI=1S/C19H24N2O5/c1-13(22)21(10-18(23)24)17-3-2-7-20(8-6-17)19(25)14-4-5-15-11-26-12-16(15)9-14/h4-5,9,17H,2-3,6-8,10-12H2,1H3,(H,23,24). The van der Waals surface area contributed by atoms with Gasteiger partial charge in [0.1, 0.15) is 6.54 Å². The van der Waals surface area contributed by atoms with E-state index in [1.54, 1.807) is 4.90 Å². The number of likely N-dealkylation sites (tertiary alicyclic amines) is 1. The lowest BCUT2D eigenvalue weighted by Gasteiger charge is -2.28. The Morgan fingerprint density at radius 2 is 1.96 bits per heavy atom. The van der Waals surface area contributed by atoms with Gasteiger partial charge in [0.05, 0.1) is 13.2 Å². The van der Waals surface area contributed by atoms with E-state index in [1.165, 1.54) is 11.8 Å². The molecule has 7 nitrogen and oxygen atoms in total. The monoisotopic (exact) mass is 360 g/mol. The first kappa shape index (κ1) is 18.4. The predicted octanol–water partition coefficient (Wildman–Crippen LogP) is 1.64. The molecule has 0 bridgehead atoms. The first-order chi connectivity index (χ1) is 12.5. The van der Waals surface area contributed by atoms with Gasteiger partial charge in [-0.1, -0.05) is 6.07 Å². The van der Waals surface area contributed by atoms with Crippen LogP contribution < -0.4 is 0 Å². The van der Waals surface area contributed by atoms with E-state index >= 15 is 0 Å². The molecule has 2 amide bonds. The largest absolute Gasteiger partial charge is 0.480 e. The number of ether oxygens (including phenoxy) is 1. The van der Waals surface area contributed by atoms with Gasteiger partial charge in [-0.25, -0.2) is 0 Å². The smallest absolute Gasteiger partial charge is 0.323 e. The molecule has 0 aromatic heterocycles. The zero-order valence-corrected chi connectivity index (χ0v) is 14.9. The predicted molar refractivity (Wildman–Crippen MR) is 93.5 cm³/mol. The van der Waals surface area contributed by atoms with Gasteiger partial charge in [-0.05, 0) is 42.5 Å². The number of aliphatic carboxylic acids is 1. The van der Waals surface area contributed by atoms with Crippen LogP contribution in [0.4, 0.5) is 0 Å². The summed E-state index contributed by atoms with van der Waals surface area (Å²) in [6.45, 7) is 3.37. The minimum atomic E-state index is -1.02. The van der Waals surface area contributed by atoms with Crippen LogP contribution in [0.5, 0.6) is 0 Å². The summed E-state index contributed by atoms with van der Waals surface area (Å²) in [6, 6.07) is 5.54.